The van der Waals surface area contributed by atoms with Crippen LogP contribution in [0.4, 0.5) is 16.0 Å². The molecule has 6 nitrogen and oxygen atoms in total. The fraction of sp³-hybridized carbons (Fsp3) is 0.0588. The van der Waals surface area contributed by atoms with Crippen LogP contribution in [0.3, 0.4) is 0 Å². The molecule has 0 saturated carbocycles. The molecule has 1 aromatic carbocycles. The number of hydrogen-bond acceptors (Lipinski definition) is 7. The predicted octanol–water partition coefficient (Wildman–Crippen LogP) is 4.28. The third kappa shape index (κ3) is 3.11. The lowest BCUT2D eigenvalue weighted by atomic mass is 10.2. The summed E-state index contributed by atoms with van der Waals surface area (Å²) in [5, 5.41) is 0.565. The lowest BCUT2D eigenvalue weighted by molar-refractivity contribution is 0.589. The van der Waals surface area contributed by atoms with Crippen molar-refractivity contribution >= 4 is 49.3 Å². The van der Waals surface area contributed by atoms with Gasteiger partial charge in [0.15, 0.2) is 0 Å². The van der Waals surface area contributed by atoms with Crippen molar-refractivity contribution in [3.05, 3.63) is 48.7 Å². The SMILES string of the molecule is CN(Br)c1ncc(-c2ccc(-c3nc4ccc(N)cc4s3)c(F)n2)cn1. The predicted molar refractivity (Wildman–Crippen MR) is 106 cm³/mol. The summed E-state index contributed by atoms with van der Waals surface area (Å²) in [4.78, 5) is 16.9. The highest BCUT2D eigenvalue weighted by Crippen LogP contribution is 2.33. The molecule has 9 heteroatoms. The maximum Gasteiger partial charge on any atom is 0.235 e. The molecule has 0 aliphatic rings. The van der Waals surface area contributed by atoms with Gasteiger partial charge in [0.25, 0.3) is 0 Å². The van der Waals surface area contributed by atoms with Crippen LogP contribution in [-0.4, -0.2) is 27.0 Å². The Labute approximate surface area is 160 Å². The molecule has 0 fully saturated rings. The van der Waals surface area contributed by atoms with Gasteiger partial charge in [-0.3, -0.25) is 3.93 Å². The van der Waals surface area contributed by atoms with Crippen LogP contribution in [0, 0.1) is 5.95 Å². The van der Waals surface area contributed by atoms with Crippen LogP contribution in [0.1, 0.15) is 0 Å². The van der Waals surface area contributed by atoms with Crippen molar-refractivity contribution in [1.82, 2.24) is 19.9 Å². The number of halogens is 2. The molecule has 0 aliphatic carbocycles. The van der Waals surface area contributed by atoms with Crippen LogP contribution in [0.5, 0.6) is 0 Å². The topological polar surface area (TPSA) is 80.8 Å². The molecular weight excluding hydrogens is 419 g/mol. The van der Waals surface area contributed by atoms with Crippen molar-refractivity contribution in [2.45, 2.75) is 0 Å². The number of anilines is 2. The van der Waals surface area contributed by atoms with Crippen molar-refractivity contribution < 1.29 is 4.39 Å². The van der Waals surface area contributed by atoms with Gasteiger partial charge in [0.1, 0.15) is 5.01 Å². The molecule has 0 bridgehead atoms. The Bertz CT molecular complexity index is 1100. The van der Waals surface area contributed by atoms with Gasteiger partial charge in [0, 0.05) is 30.7 Å². The average molecular weight is 431 g/mol. The van der Waals surface area contributed by atoms with Gasteiger partial charge < -0.3 is 5.73 Å². The number of fused-ring (bicyclic) bond motifs is 1. The van der Waals surface area contributed by atoms with Gasteiger partial charge in [-0.15, -0.1) is 11.3 Å². The standard InChI is InChI=1S/C17H12BrFN6S/c1-25(18)17-21-7-9(8-22-17)12-5-3-11(15(19)23-12)16-24-13-4-2-10(20)6-14(13)26-16/h2-8H,20H2,1H3. The van der Waals surface area contributed by atoms with E-state index in [4.69, 9.17) is 5.73 Å². The number of nitrogen functional groups attached to an aromatic ring is 1. The molecule has 3 heterocycles. The minimum absolute atomic E-state index is 0.353. The van der Waals surface area contributed by atoms with E-state index >= 15 is 0 Å². The zero-order valence-corrected chi connectivity index (χ0v) is 15.9. The summed E-state index contributed by atoms with van der Waals surface area (Å²) in [5.74, 6) is -0.0872. The van der Waals surface area contributed by atoms with E-state index in [0.717, 1.165) is 10.2 Å². The molecule has 4 rings (SSSR count). The molecule has 130 valence electrons. The first-order valence-corrected chi connectivity index (χ1v) is 9.09. The first-order chi connectivity index (χ1) is 12.5. The molecule has 0 saturated heterocycles. The van der Waals surface area contributed by atoms with E-state index in [1.54, 1.807) is 41.6 Å². The van der Waals surface area contributed by atoms with E-state index in [-0.39, 0.29) is 0 Å². The van der Waals surface area contributed by atoms with E-state index in [9.17, 15) is 4.39 Å². The number of thiazole rings is 1. The van der Waals surface area contributed by atoms with Gasteiger partial charge in [0.05, 0.1) is 37.6 Å². The number of rotatable bonds is 3. The number of hydrogen-bond donors (Lipinski definition) is 1. The zero-order chi connectivity index (χ0) is 18.3. The smallest absolute Gasteiger partial charge is 0.235 e. The molecule has 0 unspecified atom stereocenters. The first-order valence-electron chi connectivity index (χ1n) is 7.56. The van der Waals surface area contributed by atoms with E-state index in [1.807, 2.05) is 12.1 Å². The number of pyridine rings is 1. The fourth-order valence-corrected chi connectivity index (χ4v) is 3.63. The Hall–Kier alpha value is -2.65. The van der Waals surface area contributed by atoms with Crippen LogP contribution >= 0.6 is 27.5 Å². The Balaban J connectivity index is 1.70. The average Bonchev–Trinajstić information content (AvgIpc) is 3.04. The Morgan fingerprint density at radius 2 is 1.88 bits per heavy atom. The second kappa shape index (κ2) is 6.58. The highest BCUT2D eigenvalue weighted by molar-refractivity contribution is 9.10. The molecule has 4 aromatic rings. The highest BCUT2D eigenvalue weighted by atomic mass is 79.9. The monoisotopic (exact) mass is 430 g/mol. The number of nitrogens with zero attached hydrogens (tertiary/aromatic N) is 5. The fourth-order valence-electron chi connectivity index (χ4n) is 2.42. The summed E-state index contributed by atoms with van der Waals surface area (Å²) in [6, 6.07) is 8.83. The maximum atomic E-state index is 14.6. The summed E-state index contributed by atoms with van der Waals surface area (Å²) in [6.07, 6.45) is 3.20. The molecule has 0 aliphatic heterocycles. The highest BCUT2D eigenvalue weighted by Gasteiger charge is 2.14. The zero-order valence-electron chi connectivity index (χ0n) is 13.5. The van der Waals surface area contributed by atoms with Gasteiger partial charge in [-0.05, 0) is 30.3 Å². The van der Waals surface area contributed by atoms with E-state index in [1.165, 1.54) is 11.3 Å². The van der Waals surface area contributed by atoms with E-state index in [0.29, 0.717) is 33.5 Å². The second-order valence-corrected chi connectivity index (χ2v) is 7.62. The molecule has 0 spiro atoms. The van der Waals surface area contributed by atoms with E-state index < -0.39 is 5.95 Å². The molecule has 0 atom stereocenters. The summed E-state index contributed by atoms with van der Waals surface area (Å²) >= 11 is 4.63. The van der Waals surface area contributed by atoms with Gasteiger partial charge in [-0.25, -0.2) is 19.9 Å². The number of aromatic nitrogens is 4. The van der Waals surface area contributed by atoms with Crippen LogP contribution in [0.2, 0.25) is 0 Å². The quantitative estimate of drug-likeness (QED) is 0.296. The second-order valence-electron chi connectivity index (χ2n) is 5.53. The number of nitrogens with two attached hydrogens (primary N) is 1. The number of benzene rings is 1. The minimum Gasteiger partial charge on any atom is -0.399 e. The molecule has 2 N–H and O–H groups in total. The molecule has 0 amide bonds. The molecule has 26 heavy (non-hydrogen) atoms. The Morgan fingerprint density at radius 3 is 2.58 bits per heavy atom. The van der Waals surface area contributed by atoms with Crippen molar-refractivity contribution in [2.75, 3.05) is 16.7 Å². The third-order valence-corrected chi connectivity index (χ3v) is 5.07. The summed E-state index contributed by atoms with van der Waals surface area (Å²) < 4.78 is 17.1. The minimum atomic E-state index is -0.587. The Morgan fingerprint density at radius 1 is 1.12 bits per heavy atom. The van der Waals surface area contributed by atoms with Crippen LogP contribution in [0.15, 0.2) is 42.7 Å². The molecular formula is C17H12BrFN6S. The van der Waals surface area contributed by atoms with Crippen molar-refractivity contribution in [3.8, 4) is 21.8 Å². The summed E-state index contributed by atoms with van der Waals surface area (Å²) in [5.41, 5.74) is 8.67. The lowest BCUT2D eigenvalue weighted by Gasteiger charge is -2.07. The Kier molecular flexibility index (Phi) is 4.25. The van der Waals surface area contributed by atoms with Gasteiger partial charge >= 0.3 is 0 Å². The lowest BCUT2D eigenvalue weighted by Crippen LogP contribution is -2.04. The van der Waals surface area contributed by atoms with Crippen molar-refractivity contribution in [3.63, 3.8) is 0 Å². The summed E-state index contributed by atoms with van der Waals surface area (Å²) in [7, 11) is 1.77. The summed E-state index contributed by atoms with van der Waals surface area (Å²) in [6.45, 7) is 0. The third-order valence-electron chi connectivity index (χ3n) is 3.70. The van der Waals surface area contributed by atoms with Gasteiger partial charge in [0.2, 0.25) is 11.9 Å². The van der Waals surface area contributed by atoms with E-state index in [2.05, 4.69) is 36.1 Å². The maximum absolute atomic E-state index is 14.6. The van der Waals surface area contributed by atoms with Gasteiger partial charge in [-0.2, -0.15) is 4.39 Å². The molecule has 3 aromatic heterocycles. The first kappa shape index (κ1) is 16.8. The van der Waals surface area contributed by atoms with Crippen molar-refractivity contribution in [1.29, 1.82) is 0 Å². The van der Waals surface area contributed by atoms with Crippen LogP contribution in [-0.2, 0) is 0 Å². The van der Waals surface area contributed by atoms with Crippen molar-refractivity contribution in [2.24, 2.45) is 0 Å². The van der Waals surface area contributed by atoms with Gasteiger partial charge in [-0.1, -0.05) is 0 Å². The normalized spacial score (nSPS) is 11.0. The molecule has 0 radical (unpaired) electrons. The van der Waals surface area contributed by atoms with Crippen LogP contribution < -0.4 is 9.66 Å². The van der Waals surface area contributed by atoms with Crippen LogP contribution in [0.25, 0.3) is 32.0 Å². The largest absolute Gasteiger partial charge is 0.399 e.